The molecule has 2 N–H and O–H groups in total. The second kappa shape index (κ2) is 4.72. The first kappa shape index (κ1) is 10.7. The van der Waals surface area contributed by atoms with Crippen molar-refractivity contribution in [3.05, 3.63) is 19.2 Å². The van der Waals surface area contributed by atoms with Crippen LogP contribution in [0.2, 0.25) is 0 Å². The van der Waals surface area contributed by atoms with E-state index < -0.39 is 0 Å². The molecule has 12 heavy (non-hydrogen) atoms. The summed E-state index contributed by atoms with van der Waals surface area (Å²) in [6, 6.07) is 1.99. The van der Waals surface area contributed by atoms with Gasteiger partial charge in [-0.05, 0) is 37.9 Å². The van der Waals surface area contributed by atoms with Crippen LogP contribution in [0.3, 0.4) is 0 Å². The molecule has 68 valence electrons. The molecule has 0 amide bonds. The summed E-state index contributed by atoms with van der Waals surface area (Å²) < 4.78 is 7.08. The number of methoxy groups -OCH3 is 1. The zero-order valence-electron chi connectivity index (χ0n) is 6.51. The van der Waals surface area contributed by atoms with Crippen molar-refractivity contribution in [2.75, 3.05) is 13.7 Å². The van der Waals surface area contributed by atoms with Crippen LogP contribution < -0.4 is 5.73 Å². The van der Waals surface area contributed by atoms with Crippen LogP contribution in [0.5, 0.6) is 0 Å². The molecular formula is C7H9Br2NOS. The van der Waals surface area contributed by atoms with Crippen LogP contribution in [0.15, 0.2) is 14.3 Å². The summed E-state index contributed by atoms with van der Waals surface area (Å²) in [6.07, 6.45) is 0. The van der Waals surface area contributed by atoms with Gasteiger partial charge in [0.2, 0.25) is 0 Å². The van der Waals surface area contributed by atoms with Gasteiger partial charge in [-0.2, -0.15) is 0 Å². The predicted octanol–water partition coefficient (Wildman–Crippen LogP) is 2.92. The maximum Gasteiger partial charge on any atom is 0.0843 e. The van der Waals surface area contributed by atoms with E-state index in [9.17, 15) is 0 Å². The largest absolute Gasteiger partial charge is 0.383 e. The van der Waals surface area contributed by atoms with Gasteiger partial charge in [-0.1, -0.05) is 0 Å². The highest BCUT2D eigenvalue weighted by atomic mass is 79.9. The molecule has 0 spiro atoms. The third kappa shape index (κ3) is 2.53. The molecule has 0 aliphatic rings. The summed E-state index contributed by atoms with van der Waals surface area (Å²) in [5.74, 6) is 0. The molecule has 0 bridgehead atoms. The second-order valence-electron chi connectivity index (χ2n) is 2.33. The topological polar surface area (TPSA) is 35.2 Å². The van der Waals surface area contributed by atoms with Gasteiger partial charge >= 0.3 is 0 Å². The number of halogens is 2. The van der Waals surface area contributed by atoms with E-state index in [1.54, 1.807) is 18.4 Å². The molecule has 0 radical (unpaired) electrons. The Balaban J connectivity index is 2.74. The summed E-state index contributed by atoms with van der Waals surface area (Å²) in [5.41, 5.74) is 5.83. The van der Waals surface area contributed by atoms with Gasteiger partial charge in [-0.3, -0.25) is 0 Å². The van der Waals surface area contributed by atoms with Gasteiger partial charge in [-0.25, -0.2) is 0 Å². The molecule has 0 saturated heterocycles. The van der Waals surface area contributed by atoms with Crippen molar-refractivity contribution in [2.45, 2.75) is 6.04 Å². The molecule has 0 fully saturated rings. The Morgan fingerprint density at radius 1 is 1.67 bits per heavy atom. The monoisotopic (exact) mass is 313 g/mol. The molecule has 0 aromatic carbocycles. The van der Waals surface area contributed by atoms with Crippen LogP contribution in [0.25, 0.3) is 0 Å². The Bertz CT molecular complexity index is 244. The summed E-state index contributed by atoms with van der Waals surface area (Å²) >= 11 is 8.44. The molecule has 0 aliphatic heterocycles. The molecule has 1 unspecified atom stereocenters. The zero-order chi connectivity index (χ0) is 9.14. The minimum Gasteiger partial charge on any atom is -0.383 e. The maximum atomic E-state index is 5.83. The molecule has 5 heteroatoms. The number of thiophene rings is 1. The van der Waals surface area contributed by atoms with E-state index in [1.165, 1.54) is 0 Å². The molecule has 0 aliphatic carbocycles. The highest BCUT2D eigenvalue weighted by Gasteiger charge is 2.10. The average molecular weight is 315 g/mol. The smallest absolute Gasteiger partial charge is 0.0843 e. The van der Waals surface area contributed by atoms with Crippen LogP contribution in [-0.2, 0) is 4.74 Å². The van der Waals surface area contributed by atoms with Crippen LogP contribution in [0.1, 0.15) is 10.9 Å². The standard InChI is InChI=1S/C7H9Br2NOS/c1-11-3-5(10)6-2-4(8)7(9)12-6/h2,5H,3,10H2,1H3. The maximum absolute atomic E-state index is 5.83. The molecule has 1 aromatic rings. The third-order valence-electron chi connectivity index (χ3n) is 1.38. The van der Waals surface area contributed by atoms with Gasteiger partial charge in [0.05, 0.1) is 16.4 Å². The molecule has 0 saturated carbocycles. The number of nitrogens with two attached hydrogens (primary N) is 1. The van der Waals surface area contributed by atoms with E-state index in [-0.39, 0.29) is 6.04 Å². The fourth-order valence-corrected chi connectivity index (χ4v) is 2.88. The van der Waals surface area contributed by atoms with Crippen molar-refractivity contribution in [1.29, 1.82) is 0 Å². The molecule has 1 atom stereocenters. The highest BCUT2D eigenvalue weighted by Crippen LogP contribution is 2.34. The van der Waals surface area contributed by atoms with Crippen LogP contribution in [-0.4, -0.2) is 13.7 Å². The van der Waals surface area contributed by atoms with Crippen molar-refractivity contribution in [1.82, 2.24) is 0 Å². The van der Waals surface area contributed by atoms with E-state index in [4.69, 9.17) is 10.5 Å². The quantitative estimate of drug-likeness (QED) is 0.931. The normalized spacial score (nSPS) is 13.3. The summed E-state index contributed by atoms with van der Waals surface area (Å²) in [5, 5.41) is 0. The lowest BCUT2D eigenvalue weighted by Gasteiger charge is -2.06. The SMILES string of the molecule is COCC(N)c1cc(Br)c(Br)s1. The summed E-state index contributed by atoms with van der Waals surface area (Å²) in [7, 11) is 1.65. The van der Waals surface area contributed by atoms with Crippen molar-refractivity contribution in [3.8, 4) is 0 Å². The van der Waals surface area contributed by atoms with E-state index in [1.807, 2.05) is 6.07 Å². The lowest BCUT2D eigenvalue weighted by atomic mass is 10.3. The summed E-state index contributed by atoms with van der Waals surface area (Å²) in [6.45, 7) is 0.555. The van der Waals surface area contributed by atoms with Gasteiger partial charge in [0, 0.05) is 16.5 Å². The minimum atomic E-state index is -0.0254. The highest BCUT2D eigenvalue weighted by molar-refractivity contribution is 9.13. The molecule has 1 heterocycles. The van der Waals surface area contributed by atoms with Crippen molar-refractivity contribution in [3.63, 3.8) is 0 Å². The zero-order valence-corrected chi connectivity index (χ0v) is 10.5. The van der Waals surface area contributed by atoms with Gasteiger partial charge < -0.3 is 10.5 Å². The first-order chi connectivity index (χ1) is 5.65. The van der Waals surface area contributed by atoms with Crippen molar-refractivity contribution < 1.29 is 4.74 Å². The van der Waals surface area contributed by atoms with E-state index in [0.717, 1.165) is 13.1 Å². The molecule has 1 rings (SSSR count). The Kier molecular flexibility index (Phi) is 4.19. The van der Waals surface area contributed by atoms with Crippen molar-refractivity contribution >= 4 is 43.2 Å². The Hall–Kier alpha value is 0.580. The number of rotatable bonds is 3. The molecular weight excluding hydrogens is 306 g/mol. The van der Waals surface area contributed by atoms with E-state index in [2.05, 4.69) is 31.9 Å². The first-order valence-corrected chi connectivity index (χ1v) is 5.74. The molecule has 2 nitrogen and oxygen atoms in total. The predicted molar refractivity (Wildman–Crippen MR) is 58.5 cm³/mol. The lowest BCUT2D eigenvalue weighted by Crippen LogP contribution is -2.14. The first-order valence-electron chi connectivity index (χ1n) is 3.34. The van der Waals surface area contributed by atoms with Crippen molar-refractivity contribution in [2.24, 2.45) is 5.73 Å². The molecule has 1 aromatic heterocycles. The van der Waals surface area contributed by atoms with Gasteiger partial charge in [0.15, 0.2) is 0 Å². The van der Waals surface area contributed by atoms with Gasteiger partial charge in [0.1, 0.15) is 0 Å². The number of hydrogen-bond acceptors (Lipinski definition) is 3. The van der Waals surface area contributed by atoms with Gasteiger partial charge in [0.25, 0.3) is 0 Å². The Morgan fingerprint density at radius 2 is 2.33 bits per heavy atom. The van der Waals surface area contributed by atoms with Crippen LogP contribution >= 0.6 is 43.2 Å². The van der Waals surface area contributed by atoms with Gasteiger partial charge in [-0.15, -0.1) is 11.3 Å². The number of hydrogen-bond donors (Lipinski definition) is 1. The number of ether oxygens (including phenoxy) is 1. The second-order valence-corrected chi connectivity index (χ2v) is 5.59. The van der Waals surface area contributed by atoms with E-state index >= 15 is 0 Å². The Morgan fingerprint density at radius 3 is 2.75 bits per heavy atom. The fraction of sp³-hybridized carbons (Fsp3) is 0.429. The van der Waals surface area contributed by atoms with Crippen LogP contribution in [0.4, 0.5) is 0 Å². The minimum absolute atomic E-state index is 0.0254. The van der Waals surface area contributed by atoms with E-state index in [0.29, 0.717) is 6.61 Å². The lowest BCUT2D eigenvalue weighted by molar-refractivity contribution is 0.182. The van der Waals surface area contributed by atoms with Crippen LogP contribution in [0, 0.1) is 0 Å². The summed E-state index contributed by atoms with van der Waals surface area (Å²) in [4.78, 5) is 1.12. The fourth-order valence-electron chi connectivity index (χ4n) is 0.808. The average Bonchev–Trinajstić information content (AvgIpc) is 2.33. The third-order valence-corrected chi connectivity index (χ3v) is 4.76. The Labute approximate surface area is 92.4 Å².